The molecule has 0 aliphatic rings. The third-order valence-electron chi connectivity index (χ3n) is 4.40. The standard InChI is InChI=1S/C20H16F4N2O/c1-11-9-16(19(25)27)12(2)26(11)17-8-4-7-15(18(17)20(22,23)24)13-5-3-6-14(21)10-13/h3-10H,1-2H3,(H2,25,27). The molecule has 0 aliphatic heterocycles. The Hall–Kier alpha value is -3.09. The highest BCUT2D eigenvalue weighted by molar-refractivity contribution is 5.94. The molecule has 0 saturated heterocycles. The summed E-state index contributed by atoms with van der Waals surface area (Å²) in [6.45, 7) is 3.12. The molecule has 1 heterocycles. The van der Waals surface area contributed by atoms with E-state index in [1.54, 1.807) is 6.92 Å². The van der Waals surface area contributed by atoms with E-state index >= 15 is 0 Å². The largest absolute Gasteiger partial charge is 0.419 e. The Labute approximate surface area is 153 Å². The maximum Gasteiger partial charge on any atom is 0.419 e. The van der Waals surface area contributed by atoms with Crippen molar-refractivity contribution in [3.05, 3.63) is 76.9 Å². The van der Waals surface area contributed by atoms with Gasteiger partial charge in [-0.1, -0.05) is 24.3 Å². The van der Waals surface area contributed by atoms with Crippen LogP contribution in [0, 0.1) is 19.7 Å². The Balaban J connectivity index is 2.36. The van der Waals surface area contributed by atoms with Crippen LogP contribution in [-0.4, -0.2) is 10.5 Å². The number of benzene rings is 2. The van der Waals surface area contributed by atoms with E-state index in [0.29, 0.717) is 11.4 Å². The van der Waals surface area contributed by atoms with Gasteiger partial charge in [-0.3, -0.25) is 4.79 Å². The molecule has 3 rings (SSSR count). The molecule has 3 aromatic rings. The van der Waals surface area contributed by atoms with Gasteiger partial charge in [0.1, 0.15) is 5.82 Å². The molecule has 7 heteroatoms. The summed E-state index contributed by atoms with van der Waals surface area (Å²) in [6, 6.07) is 10.5. The Morgan fingerprint density at radius 2 is 1.70 bits per heavy atom. The number of alkyl halides is 3. The number of carbonyl (C=O) groups is 1. The molecule has 0 fully saturated rings. The monoisotopic (exact) mass is 376 g/mol. The minimum absolute atomic E-state index is 0.113. The highest BCUT2D eigenvalue weighted by atomic mass is 19.4. The molecule has 0 atom stereocenters. The van der Waals surface area contributed by atoms with Crippen LogP contribution < -0.4 is 5.73 Å². The summed E-state index contributed by atoms with van der Waals surface area (Å²) in [4.78, 5) is 11.6. The number of carbonyl (C=O) groups excluding carboxylic acids is 1. The number of rotatable bonds is 3. The second-order valence-corrected chi connectivity index (χ2v) is 6.19. The number of primary amides is 1. The van der Waals surface area contributed by atoms with Crippen molar-refractivity contribution in [2.24, 2.45) is 5.73 Å². The number of nitrogens with zero attached hydrogens (tertiary/aromatic N) is 1. The van der Waals surface area contributed by atoms with E-state index in [1.165, 1.54) is 54.0 Å². The Morgan fingerprint density at radius 3 is 2.26 bits per heavy atom. The van der Waals surface area contributed by atoms with E-state index < -0.39 is 23.5 Å². The lowest BCUT2D eigenvalue weighted by molar-refractivity contribution is -0.137. The minimum atomic E-state index is -4.70. The summed E-state index contributed by atoms with van der Waals surface area (Å²) in [5, 5.41) is 0. The van der Waals surface area contributed by atoms with Crippen LogP contribution in [0.3, 0.4) is 0 Å². The van der Waals surface area contributed by atoms with Crippen molar-refractivity contribution in [2.75, 3.05) is 0 Å². The van der Waals surface area contributed by atoms with Crippen LogP contribution in [0.1, 0.15) is 27.3 Å². The number of aryl methyl sites for hydroxylation is 1. The van der Waals surface area contributed by atoms with E-state index in [2.05, 4.69) is 0 Å². The maximum atomic E-state index is 14.0. The molecule has 140 valence electrons. The molecule has 0 saturated carbocycles. The van der Waals surface area contributed by atoms with Crippen LogP contribution in [0.15, 0.2) is 48.5 Å². The van der Waals surface area contributed by atoms with Crippen molar-refractivity contribution in [3.8, 4) is 16.8 Å². The first-order chi connectivity index (χ1) is 12.6. The first-order valence-corrected chi connectivity index (χ1v) is 8.06. The zero-order chi connectivity index (χ0) is 19.9. The molecule has 1 aromatic heterocycles. The number of hydrogen-bond acceptors (Lipinski definition) is 1. The number of halogens is 4. The lowest BCUT2D eigenvalue weighted by atomic mass is 9.97. The normalized spacial score (nSPS) is 11.6. The van der Waals surface area contributed by atoms with Gasteiger partial charge in [-0.15, -0.1) is 0 Å². The topological polar surface area (TPSA) is 48.0 Å². The highest BCUT2D eigenvalue weighted by Crippen LogP contribution is 2.42. The lowest BCUT2D eigenvalue weighted by Crippen LogP contribution is -2.15. The molecule has 2 N–H and O–H groups in total. The molecule has 1 amide bonds. The van der Waals surface area contributed by atoms with Gasteiger partial charge in [0.2, 0.25) is 0 Å². The van der Waals surface area contributed by atoms with Gasteiger partial charge in [-0.2, -0.15) is 13.2 Å². The van der Waals surface area contributed by atoms with Crippen molar-refractivity contribution in [1.29, 1.82) is 0 Å². The van der Waals surface area contributed by atoms with Gasteiger partial charge in [0.25, 0.3) is 5.91 Å². The predicted octanol–water partition coefficient (Wildman–Crippen LogP) is 5.02. The quantitative estimate of drug-likeness (QED) is 0.641. The van der Waals surface area contributed by atoms with Gasteiger partial charge in [0, 0.05) is 11.4 Å². The van der Waals surface area contributed by atoms with Gasteiger partial charge in [-0.25, -0.2) is 4.39 Å². The van der Waals surface area contributed by atoms with Gasteiger partial charge < -0.3 is 10.3 Å². The molecule has 3 nitrogen and oxygen atoms in total. The van der Waals surface area contributed by atoms with Crippen LogP contribution in [0.2, 0.25) is 0 Å². The zero-order valence-corrected chi connectivity index (χ0v) is 14.6. The minimum Gasteiger partial charge on any atom is -0.366 e. The van der Waals surface area contributed by atoms with Crippen LogP contribution in [0.25, 0.3) is 16.8 Å². The van der Waals surface area contributed by atoms with Gasteiger partial charge in [-0.05, 0) is 49.2 Å². The van der Waals surface area contributed by atoms with E-state index in [9.17, 15) is 22.4 Å². The third kappa shape index (κ3) is 3.32. The molecular formula is C20H16F4N2O. The summed E-state index contributed by atoms with van der Waals surface area (Å²) in [6.07, 6.45) is -4.70. The number of hydrogen-bond donors (Lipinski definition) is 1. The Morgan fingerprint density at radius 1 is 1.04 bits per heavy atom. The Kier molecular flexibility index (Phi) is 4.55. The van der Waals surface area contributed by atoms with E-state index in [0.717, 1.165) is 6.07 Å². The third-order valence-corrected chi connectivity index (χ3v) is 4.40. The molecule has 0 bridgehead atoms. The average molecular weight is 376 g/mol. The molecule has 0 radical (unpaired) electrons. The van der Waals surface area contributed by atoms with Crippen LogP contribution in [0.5, 0.6) is 0 Å². The van der Waals surface area contributed by atoms with Crippen molar-refractivity contribution in [2.45, 2.75) is 20.0 Å². The predicted molar refractivity (Wildman–Crippen MR) is 94.2 cm³/mol. The molecular weight excluding hydrogens is 360 g/mol. The molecule has 0 spiro atoms. The lowest BCUT2D eigenvalue weighted by Gasteiger charge is -2.20. The van der Waals surface area contributed by atoms with Gasteiger partial charge >= 0.3 is 6.18 Å². The highest BCUT2D eigenvalue weighted by Gasteiger charge is 2.37. The Bertz CT molecular complexity index is 1030. The smallest absolute Gasteiger partial charge is 0.366 e. The summed E-state index contributed by atoms with van der Waals surface area (Å²) in [5.41, 5.74) is 5.12. The summed E-state index contributed by atoms with van der Waals surface area (Å²) in [7, 11) is 0. The maximum absolute atomic E-state index is 14.0. The summed E-state index contributed by atoms with van der Waals surface area (Å²) < 4.78 is 57.0. The second kappa shape index (κ2) is 6.57. The molecule has 0 unspecified atom stereocenters. The van der Waals surface area contributed by atoms with Crippen LogP contribution in [-0.2, 0) is 6.18 Å². The fraction of sp³-hybridized carbons (Fsp3) is 0.150. The SMILES string of the molecule is Cc1cc(C(N)=O)c(C)n1-c1cccc(-c2cccc(F)c2)c1C(F)(F)F. The fourth-order valence-corrected chi connectivity index (χ4v) is 3.30. The number of nitrogens with two attached hydrogens (primary N) is 1. The molecule has 27 heavy (non-hydrogen) atoms. The average Bonchev–Trinajstić information content (AvgIpc) is 2.88. The zero-order valence-electron chi connectivity index (χ0n) is 14.6. The van der Waals surface area contributed by atoms with E-state index in [-0.39, 0.29) is 22.4 Å². The molecule has 0 aliphatic carbocycles. The first-order valence-electron chi connectivity index (χ1n) is 8.06. The first kappa shape index (κ1) is 18.7. The van der Waals surface area contributed by atoms with Gasteiger partial charge in [0.15, 0.2) is 0 Å². The van der Waals surface area contributed by atoms with Crippen LogP contribution in [0.4, 0.5) is 17.6 Å². The molecule has 2 aromatic carbocycles. The number of amides is 1. The summed E-state index contributed by atoms with van der Waals surface area (Å²) >= 11 is 0. The number of aromatic nitrogens is 1. The van der Waals surface area contributed by atoms with Crippen molar-refractivity contribution >= 4 is 5.91 Å². The second-order valence-electron chi connectivity index (χ2n) is 6.19. The fourth-order valence-electron chi connectivity index (χ4n) is 3.30. The van der Waals surface area contributed by atoms with E-state index in [4.69, 9.17) is 5.73 Å². The van der Waals surface area contributed by atoms with Gasteiger partial charge in [0.05, 0.1) is 16.8 Å². The van der Waals surface area contributed by atoms with Crippen LogP contribution >= 0.6 is 0 Å². The van der Waals surface area contributed by atoms with Crippen molar-refractivity contribution < 1.29 is 22.4 Å². The van der Waals surface area contributed by atoms with Crippen molar-refractivity contribution in [1.82, 2.24) is 4.57 Å². The van der Waals surface area contributed by atoms with E-state index in [1.807, 2.05) is 0 Å². The van der Waals surface area contributed by atoms with Crippen molar-refractivity contribution in [3.63, 3.8) is 0 Å². The summed E-state index contributed by atoms with van der Waals surface area (Å²) in [5.74, 6) is -1.35.